The van der Waals surface area contributed by atoms with Gasteiger partial charge < -0.3 is 39.5 Å². The SMILES string of the molecule is C=C(CCS)N(C)[C@@H](C)C(=O)O.COc1cc2cc(c1O)N(C)C(=O)CC[C@]1(C)O[C@H]1[C@H](C)C1CC(C/C=C/C=C(\C)C2)NC(=O)O1. The summed E-state index contributed by atoms with van der Waals surface area (Å²) in [6.07, 6.45) is 8.95. The Kier molecular flexibility index (Phi) is 13.2. The van der Waals surface area contributed by atoms with Crippen molar-refractivity contribution < 1.29 is 38.8 Å². The van der Waals surface area contributed by atoms with Gasteiger partial charge in [-0.2, -0.15) is 12.6 Å². The first-order valence-electron chi connectivity index (χ1n) is 16.0. The Morgan fingerprint density at radius 1 is 1.34 bits per heavy atom. The number of carboxylic acids is 1. The van der Waals surface area contributed by atoms with Crippen molar-refractivity contribution in [3.8, 4) is 11.5 Å². The highest BCUT2D eigenvalue weighted by atomic mass is 32.1. The number of nitrogens with zero attached hydrogens (tertiary/aromatic N) is 2. The monoisotopic (exact) mass is 673 g/mol. The molecule has 6 atom stereocenters. The number of benzene rings is 1. The summed E-state index contributed by atoms with van der Waals surface area (Å²) in [4.78, 5) is 39.0. The molecule has 11 nitrogen and oxygen atoms in total. The van der Waals surface area contributed by atoms with Crippen LogP contribution in [0.3, 0.4) is 0 Å². The van der Waals surface area contributed by atoms with E-state index in [1.54, 1.807) is 32.0 Å². The summed E-state index contributed by atoms with van der Waals surface area (Å²) in [7, 11) is 4.90. The lowest BCUT2D eigenvalue weighted by Gasteiger charge is -2.33. The average molecular weight is 674 g/mol. The number of carboxylic acid groups (broad SMARTS) is 1. The van der Waals surface area contributed by atoms with Crippen LogP contribution in [-0.4, -0.2) is 89.9 Å². The van der Waals surface area contributed by atoms with Gasteiger partial charge in [0, 0.05) is 44.6 Å². The molecule has 3 heterocycles. The zero-order valence-electron chi connectivity index (χ0n) is 28.6. The number of fused-ring (bicyclic) bond motifs is 5. The maximum Gasteiger partial charge on any atom is 0.407 e. The average Bonchev–Trinajstić information content (AvgIpc) is 3.71. The Labute approximate surface area is 284 Å². The topological polar surface area (TPSA) is 141 Å². The van der Waals surface area contributed by atoms with Gasteiger partial charge in [0.1, 0.15) is 12.1 Å². The van der Waals surface area contributed by atoms with E-state index in [0.717, 1.165) is 23.3 Å². The van der Waals surface area contributed by atoms with E-state index in [1.165, 1.54) is 12.0 Å². The third kappa shape index (κ3) is 9.93. The van der Waals surface area contributed by atoms with E-state index >= 15 is 0 Å². The lowest BCUT2D eigenvalue weighted by atomic mass is 9.86. The van der Waals surface area contributed by atoms with Crippen molar-refractivity contribution in [2.45, 2.75) is 96.1 Å². The number of hydrogen-bond donors (Lipinski definition) is 4. The second kappa shape index (κ2) is 16.5. The molecule has 3 N–H and O–H groups in total. The number of anilines is 1. The maximum absolute atomic E-state index is 13.1. The highest BCUT2D eigenvalue weighted by Gasteiger charge is 2.57. The van der Waals surface area contributed by atoms with Gasteiger partial charge >= 0.3 is 12.1 Å². The smallest absolute Gasteiger partial charge is 0.407 e. The number of phenolic OH excluding ortho intramolecular Hbond substituents is 1. The van der Waals surface area contributed by atoms with Gasteiger partial charge in [-0.05, 0) is 69.9 Å². The van der Waals surface area contributed by atoms with Gasteiger partial charge in [-0.3, -0.25) is 4.79 Å². The van der Waals surface area contributed by atoms with Crippen LogP contribution in [0.1, 0.15) is 65.4 Å². The van der Waals surface area contributed by atoms with Crippen LogP contribution in [0.2, 0.25) is 0 Å². The third-order valence-corrected chi connectivity index (χ3v) is 9.49. The summed E-state index contributed by atoms with van der Waals surface area (Å²) in [5.74, 6) is 0.0268. The Morgan fingerprint density at radius 2 is 2.04 bits per heavy atom. The molecule has 47 heavy (non-hydrogen) atoms. The highest BCUT2D eigenvalue weighted by molar-refractivity contribution is 7.80. The molecule has 4 rings (SSSR count). The van der Waals surface area contributed by atoms with Crippen LogP contribution in [0.4, 0.5) is 10.5 Å². The van der Waals surface area contributed by atoms with Crippen LogP contribution in [0.15, 0.2) is 48.2 Å². The van der Waals surface area contributed by atoms with Crippen molar-refractivity contribution >= 4 is 36.3 Å². The zero-order chi connectivity index (χ0) is 35.1. The molecule has 1 aromatic rings. The number of ether oxygens (including phenoxy) is 3. The maximum atomic E-state index is 13.1. The summed E-state index contributed by atoms with van der Waals surface area (Å²) in [6, 6.07) is 3.11. The van der Waals surface area contributed by atoms with Gasteiger partial charge in [0.2, 0.25) is 5.91 Å². The van der Waals surface area contributed by atoms with Gasteiger partial charge in [-0.25, -0.2) is 9.59 Å². The minimum absolute atomic E-state index is 0.000101. The van der Waals surface area contributed by atoms with Crippen molar-refractivity contribution in [2.24, 2.45) is 5.92 Å². The third-order valence-electron chi connectivity index (χ3n) is 9.27. The number of amides is 2. The number of thiol groups is 1. The van der Waals surface area contributed by atoms with E-state index in [4.69, 9.17) is 19.3 Å². The summed E-state index contributed by atoms with van der Waals surface area (Å²) in [6.45, 7) is 11.5. The summed E-state index contributed by atoms with van der Waals surface area (Å²) in [5, 5.41) is 22.3. The Bertz CT molecular complexity index is 1380. The number of allylic oxidation sites excluding steroid dienone is 4. The highest BCUT2D eigenvalue weighted by Crippen LogP contribution is 2.47. The van der Waals surface area contributed by atoms with Crippen molar-refractivity contribution in [1.82, 2.24) is 10.2 Å². The number of alkyl carbamates (subject to hydrolysis) is 1. The second-order valence-corrected chi connectivity index (χ2v) is 13.3. The normalized spacial score (nSPS) is 28.5. The largest absolute Gasteiger partial charge is 0.503 e. The number of aromatic hydroxyl groups is 1. The Balaban J connectivity index is 0.000000426. The Hall–Kier alpha value is -3.64. The second-order valence-electron chi connectivity index (χ2n) is 12.9. The van der Waals surface area contributed by atoms with Crippen LogP contribution in [0, 0.1) is 5.92 Å². The number of likely N-dealkylation sites (N-methyl/N-ethyl adjacent to an activating group) is 1. The summed E-state index contributed by atoms with van der Waals surface area (Å²) in [5.41, 5.74) is 2.82. The van der Waals surface area contributed by atoms with Gasteiger partial charge in [0.25, 0.3) is 0 Å². The molecule has 12 heteroatoms. The molecule has 2 amide bonds. The van der Waals surface area contributed by atoms with Crippen molar-refractivity contribution in [3.05, 3.63) is 53.8 Å². The number of carbonyl (C=O) groups excluding carboxylic acids is 2. The van der Waals surface area contributed by atoms with E-state index in [0.29, 0.717) is 42.9 Å². The van der Waals surface area contributed by atoms with Gasteiger partial charge in [0.15, 0.2) is 11.5 Å². The molecule has 2 unspecified atom stereocenters. The summed E-state index contributed by atoms with van der Waals surface area (Å²) < 4.78 is 17.0. The first-order chi connectivity index (χ1) is 22.1. The molecule has 3 aliphatic heterocycles. The lowest BCUT2D eigenvalue weighted by molar-refractivity contribution is -0.141. The van der Waals surface area contributed by atoms with Gasteiger partial charge in [0.05, 0.1) is 24.5 Å². The summed E-state index contributed by atoms with van der Waals surface area (Å²) >= 11 is 4.04. The van der Waals surface area contributed by atoms with E-state index in [2.05, 4.69) is 30.6 Å². The molecular weight excluding hydrogens is 622 g/mol. The molecule has 0 radical (unpaired) electrons. The Morgan fingerprint density at radius 3 is 2.68 bits per heavy atom. The number of epoxide rings is 1. The molecule has 0 spiro atoms. The van der Waals surface area contributed by atoms with E-state index in [1.807, 2.05) is 39.0 Å². The van der Waals surface area contributed by atoms with Gasteiger partial charge in [-0.1, -0.05) is 37.3 Å². The van der Waals surface area contributed by atoms with Crippen molar-refractivity contribution in [2.75, 3.05) is 31.9 Å². The van der Waals surface area contributed by atoms with Crippen molar-refractivity contribution in [3.63, 3.8) is 0 Å². The molecule has 0 aliphatic carbocycles. The fourth-order valence-corrected chi connectivity index (χ4v) is 6.20. The minimum Gasteiger partial charge on any atom is -0.503 e. The van der Waals surface area contributed by atoms with E-state index < -0.39 is 23.7 Å². The molecule has 2 fully saturated rings. The lowest BCUT2D eigenvalue weighted by Crippen LogP contribution is -2.48. The number of methoxy groups -OCH3 is 1. The molecule has 1 aromatic carbocycles. The molecule has 260 valence electrons. The van der Waals surface area contributed by atoms with Crippen LogP contribution in [0.5, 0.6) is 11.5 Å². The van der Waals surface area contributed by atoms with Crippen molar-refractivity contribution in [1.29, 1.82) is 0 Å². The van der Waals surface area contributed by atoms with Crippen LogP contribution in [-0.2, 0) is 25.5 Å². The fourth-order valence-electron chi connectivity index (χ4n) is 5.94. The quantitative estimate of drug-likeness (QED) is 0.228. The predicted molar refractivity (Wildman–Crippen MR) is 185 cm³/mol. The molecule has 3 aliphatic rings. The zero-order valence-corrected chi connectivity index (χ0v) is 29.5. The van der Waals surface area contributed by atoms with Gasteiger partial charge in [-0.15, -0.1) is 0 Å². The molecular formula is C35H51N3O8S. The molecule has 0 aromatic heterocycles. The number of rotatable bonds is 6. The van der Waals surface area contributed by atoms with Crippen LogP contribution in [0.25, 0.3) is 0 Å². The van der Waals surface area contributed by atoms with Crippen LogP contribution < -0.4 is 15.0 Å². The van der Waals surface area contributed by atoms with E-state index in [-0.39, 0.29) is 42.2 Å². The number of nitrogens with one attached hydrogen (secondary N) is 1. The number of phenols is 1. The molecule has 4 bridgehead atoms. The predicted octanol–water partition coefficient (Wildman–Crippen LogP) is 5.48. The number of carbonyl (C=O) groups is 3. The number of hydrogen-bond acceptors (Lipinski definition) is 9. The minimum atomic E-state index is -0.835. The standard InChI is InChI=1S/C27H36N2O6.C8H15NO2S/c1-16-8-6-7-9-19-15-21(34-26(32)28-19)17(2)25-27(3,35-25)11-10-23(30)29(4)20-13-18(12-16)14-22(33-5)24(20)31;1-6(4-5-12)9(3)7(2)8(10)11/h6-8,13-14,17,19,21,25,31H,9-12,15H2,1-5H3,(H,28,32);7,12H,1,4-5H2,2-3H3,(H,10,11)/b7-6+,16-8+;/t17-,19?,21?,25+,27+;7-/m10/s1. The van der Waals surface area contributed by atoms with E-state index in [9.17, 15) is 19.5 Å². The first-order valence-corrected chi connectivity index (χ1v) is 16.6. The van der Waals surface area contributed by atoms with Crippen LogP contribution >= 0.6 is 12.6 Å². The molecule has 2 saturated heterocycles. The number of aliphatic carboxylic acids is 1. The first kappa shape index (κ1) is 37.8. The molecule has 0 saturated carbocycles. The fraction of sp³-hybridized carbons (Fsp3) is 0.571.